The number of nitrogens with zero attached hydrogens (tertiary/aromatic N) is 2. The van der Waals surface area contributed by atoms with Crippen molar-refractivity contribution in [2.45, 2.75) is 37.8 Å². The van der Waals surface area contributed by atoms with Gasteiger partial charge in [0.1, 0.15) is 0 Å². The Labute approximate surface area is 116 Å². The summed E-state index contributed by atoms with van der Waals surface area (Å²) >= 11 is 0. The van der Waals surface area contributed by atoms with E-state index in [0.29, 0.717) is 6.04 Å². The van der Waals surface area contributed by atoms with E-state index in [1.165, 1.54) is 50.1 Å². The molecule has 1 aromatic carbocycles. The van der Waals surface area contributed by atoms with E-state index >= 15 is 0 Å². The molecule has 2 saturated heterocycles. The van der Waals surface area contributed by atoms with E-state index in [-0.39, 0.29) is 0 Å². The molecule has 19 heavy (non-hydrogen) atoms. The van der Waals surface area contributed by atoms with Crippen molar-refractivity contribution >= 4 is 11.4 Å². The lowest BCUT2D eigenvalue weighted by Gasteiger charge is -2.35. The number of benzene rings is 1. The largest absolute Gasteiger partial charge is 0.382 e. The Bertz CT molecular complexity index is 430. The fourth-order valence-electron chi connectivity index (χ4n) is 3.47. The summed E-state index contributed by atoms with van der Waals surface area (Å²) in [4.78, 5) is 4.83. The third-order valence-corrected chi connectivity index (χ3v) is 4.55. The SMILES string of the molecule is CN(C)c1cccc(NC2CCN3CCCC3C2)c1. The highest BCUT2D eigenvalue weighted by atomic mass is 15.2. The zero-order chi connectivity index (χ0) is 13.2. The second-order valence-electron chi connectivity index (χ2n) is 6.14. The van der Waals surface area contributed by atoms with Crippen LogP contribution in [-0.2, 0) is 0 Å². The van der Waals surface area contributed by atoms with Crippen molar-refractivity contribution in [1.29, 1.82) is 0 Å². The molecule has 0 bridgehead atoms. The Kier molecular flexibility index (Phi) is 3.65. The zero-order valence-corrected chi connectivity index (χ0v) is 12.1. The van der Waals surface area contributed by atoms with Gasteiger partial charge in [-0.1, -0.05) is 6.07 Å². The van der Waals surface area contributed by atoms with E-state index in [1.54, 1.807) is 0 Å². The summed E-state index contributed by atoms with van der Waals surface area (Å²) in [5.74, 6) is 0. The van der Waals surface area contributed by atoms with E-state index in [0.717, 1.165) is 6.04 Å². The molecular weight excluding hydrogens is 234 g/mol. The maximum Gasteiger partial charge on any atom is 0.0381 e. The average Bonchev–Trinajstić information content (AvgIpc) is 2.86. The Morgan fingerprint density at radius 2 is 2.11 bits per heavy atom. The Hall–Kier alpha value is -1.22. The van der Waals surface area contributed by atoms with Crippen LogP contribution in [0.1, 0.15) is 25.7 Å². The molecule has 3 nitrogen and oxygen atoms in total. The second kappa shape index (κ2) is 5.41. The lowest BCUT2D eigenvalue weighted by atomic mass is 9.97. The van der Waals surface area contributed by atoms with Crippen molar-refractivity contribution in [1.82, 2.24) is 4.90 Å². The van der Waals surface area contributed by atoms with Gasteiger partial charge in [-0.15, -0.1) is 0 Å². The quantitative estimate of drug-likeness (QED) is 0.900. The fourth-order valence-corrected chi connectivity index (χ4v) is 3.47. The van der Waals surface area contributed by atoms with Crippen LogP contribution < -0.4 is 10.2 Å². The fraction of sp³-hybridized carbons (Fsp3) is 0.625. The Morgan fingerprint density at radius 3 is 2.95 bits per heavy atom. The molecule has 104 valence electrons. The van der Waals surface area contributed by atoms with Gasteiger partial charge < -0.3 is 15.1 Å². The molecule has 0 aliphatic carbocycles. The number of nitrogens with one attached hydrogen (secondary N) is 1. The van der Waals surface area contributed by atoms with Crippen molar-refractivity contribution in [3.8, 4) is 0 Å². The van der Waals surface area contributed by atoms with Crippen LogP contribution in [0.15, 0.2) is 24.3 Å². The number of fused-ring (bicyclic) bond motifs is 1. The summed E-state index contributed by atoms with van der Waals surface area (Å²) < 4.78 is 0. The molecule has 0 amide bonds. The van der Waals surface area contributed by atoms with Gasteiger partial charge in [0.15, 0.2) is 0 Å². The molecule has 2 aliphatic rings. The number of rotatable bonds is 3. The molecule has 2 heterocycles. The monoisotopic (exact) mass is 259 g/mol. The predicted molar refractivity (Wildman–Crippen MR) is 82.0 cm³/mol. The highest BCUT2D eigenvalue weighted by Crippen LogP contribution is 2.29. The van der Waals surface area contributed by atoms with Gasteiger partial charge in [-0.05, 0) is 50.4 Å². The number of hydrogen-bond acceptors (Lipinski definition) is 3. The zero-order valence-electron chi connectivity index (χ0n) is 12.1. The van der Waals surface area contributed by atoms with E-state index < -0.39 is 0 Å². The summed E-state index contributed by atoms with van der Waals surface area (Å²) in [7, 11) is 4.19. The first-order valence-corrected chi connectivity index (χ1v) is 7.50. The molecule has 1 aromatic rings. The normalized spacial score (nSPS) is 27.1. The average molecular weight is 259 g/mol. The molecule has 2 aliphatic heterocycles. The first kappa shape index (κ1) is 12.8. The second-order valence-corrected chi connectivity index (χ2v) is 6.14. The maximum atomic E-state index is 3.74. The van der Waals surface area contributed by atoms with Crippen LogP contribution in [-0.4, -0.2) is 44.2 Å². The van der Waals surface area contributed by atoms with Gasteiger partial charge >= 0.3 is 0 Å². The van der Waals surface area contributed by atoms with E-state index in [9.17, 15) is 0 Å². The highest BCUT2D eigenvalue weighted by Gasteiger charge is 2.31. The lowest BCUT2D eigenvalue weighted by Crippen LogP contribution is -2.42. The summed E-state index contributed by atoms with van der Waals surface area (Å²) in [6.07, 6.45) is 5.39. The summed E-state index contributed by atoms with van der Waals surface area (Å²) in [6.45, 7) is 2.60. The molecular formula is C16H25N3. The number of anilines is 2. The number of hydrogen-bond donors (Lipinski definition) is 1. The van der Waals surface area contributed by atoms with Gasteiger partial charge in [-0.2, -0.15) is 0 Å². The molecule has 3 heteroatoms. The van der Waals surface area contributed by atoms with Crippen molar-refractivity contribution in [3.05, 3.63) is 24.3 Å². The molecule has 2 unspecified atom stereocenters. The molecule has 0 spiro atoms. The van der Waals surface area contributed by atoms with Gasteiger partial charge in [0, 0.05) is 44.1 Å². The van der Waals surface area contributed by atoms with Gasteiger partial charge in [0.2, 0.25) is 0 Å². The van der Waals surface area contributed by atoms with Gasteiger partial charge in [0.05, 0.1) is 0 Å². The van der Waals surface area contributed by atoms with E-state index in [1.807, 2.05) is 0 Å². The first-order valence-electron chi connectivity index (χ1n) is 7.50. The summed E-state index contributed by atoms with van der Waals surface area (Å²) in [6, 6.07) is 10.2. The van der Waals surface area contributed by atoms with Crippen molar-refractivity contribution in [2.24, 2.45) is 0 Å². The predicted octanol–water partition coefficient (Wildman–Crippen LogP) is 2.79. The number of piperidine rings is 1. The van der Waals surface area contributed by atoms with Crippen LogP contribution >= 0.6 is 0 Å². The maximum absolute atomic E-state index is 3.74. The van der Waals surface area contributed by atoms with Crippen molar-refractivity contribution in [3.63, 3.8) is 0 Å². The summed E-state index contributed by atoms with van der Waals surface area (Å²) in [5.41, 5.74) is 2.53. The summed E-state index contributed by atoms with van der Waals surface area (Å²) in [5, 5.41) is 3.74. The van der Waals surface area contributed by atoms with Crippen molar-refractivity contribution < 1.29 is 0 Å². The molecule has 2 atom stereocenters. The Balaban J connectivity index is 1.63. The van der Waals surface area contributed by atoms with Crippen LogP contribution in [0.4, 0.5) is 11.4 Å². The van der Waals surface area contributed by atoms with Crippen molar-refractivity contribution in [2.75, 3.05) is 37.4 Å². The minimum atomic E-state index is 0.650. The standard InChI is InChI=1S/C16H25N3/c1-18(2)15-6-3-5-13(11-15)17-14-8-10-19-9-4-7-16(19)12-14/h3,5-6,11,14,16-17H,4,7-10,12H2,1-2H3. The van der Waals surface area contributed by atoms with Crippen LogP contribution in [0.25, 0.3) is 0 Å². The van der Waals surface area contributed by atoms with Crippen LogP contribution in [0.2, 0.25) is 0 Å². The smallest absolute Gasteiger partial charge is 0.0381 e. The molecule has 0 aromatic heterocycles. The van der Waals surface area contributed by atoms with E-state index in [4.69, 9.17) is 0 Å². The molecule has 0 saturated carbocycles. The lowest BCUT2D eigenvalue weighted by molar-refractivity contribution is 0.188. The minimum absolute atomic E-state index is 0.650. The van der Waals surface area contributed by atoms with Crippen LogP contribution in [0.3, 0.4) is 0 Å². The minimum Gasteiger partial charge on any atom is -0.382 e. The third-order valence-electron chi connectivity index (χ3n) is 4.55. The first-order chi connectivity index (χ1) is 9.22. The third kappa shape index (κ3) is 2.86. The van der Waals surface area contributed by atoms with Gasteiger partial charge in [-0.25, -0.2) is 0 Å². The molecule has 1 N–H and O–H groups in total. The van der Waals surface area contributed by atoms with Crippen LogP contribution in [0, 0.1) is 0 Å². The molecule has 2 fully saturated rings. The topological polar surface area (TPSA) is 18.5 Å². The van der Waals surface area contributed by atoms with Crippen LogP contribution in [0.5, 0.6) is 0 Å². The van der Waals surface area contributed by atoms with E-state index in [2.05, 4.69) is 53.5 Å². The molecule has 0 radical (unpaired) electrons. The van der Waals surface area contributed by atoms with Gasteiger partial charge in [0.25, 0.3) is 0 Å². The molecule has 3 rings (SSSR count). The van der Waals surface area contributed by atoms with Gasteiger partial charge in [-0.3, -0.25) is 0 Å². The Morgan fingerprint density at radius 1 is 1.21 bits per heavy atom. The highest BCUT2D eigenvalue weighted by molar-refractivity contribution is 5.57.